The number of hydrogen-bond donors (Lipinski definition) is 2. The van der Waals surface area contributed by atoms with E-state index in [0.29, 0.717) is 34.4 Å². The second-order valence-corrected chi connectivity index (χ2v) is 8.23. The van der Waals surface area contributed by atoms with Gasteiger partial charge in [0.1, 0.15) is 22.1 Å². The molecule has 8 nitrogen and oxygen atoms in total. The van der Waals surface area contributed by atoms with Gasteiger partial charge in [0.2, 0.25) is 0 Å². The molecule has 0 unspecified atom stereocenters. The smallest absolute Gasteiger partial charge is 0.350 e. The highest BCUT2D eigenvalue weighted by molar-refractivity contribution is 7.19. The van der Waals surface area contributed by atoms with Gasteiger partial charge in [0.25, 0.3) is 0 Å². The highest BCUT2D eigenvalue weighted by Gasteiger charge is 2.24. The molecule has 2 aromatic carbocycles. The van der Waals surface area contributed by atoms with Crippen molar-refractivity contribution in [2.24, 2.45) is 0 Å². The number of hydrogen-bond acceptors (Lipinski definition) is 8. The van der Waals surface area contributed by atoms with Crippen molar-refractivity contribution in [3.05, 3.63) is 58.6 Å². The summed E-state index contributed by atoms with van der Waals surface area (Å²) in [6.45, 7) is 4.49. The number of phenols is 1. The monoisotopic (exact) mass is 503 g/mol. The van der Waals surface area contributed by atoms with E-state index in [1.807, 2.05) is 35.6 Å². The fourth-order valence-corrected chi connectivity index (χ4v) is 4.57. The van der Waals surface area contributed by atoms with Crippen molar-refractivity contribution in [3.63, 3.8) is 0 Å². The van der Waals surface area contributed by atoms with Crippen LogP contribution in [-0.2, 0) is 11.3 Å². The lowest BCUT2D eigenvalue weighted by atomic mass is 10.1. The second-order valence-electron chi connectivity index (χ2n) is 7.25. The zero-order valence-corrected chi connectivity index (χ0v) is 20.9. The van der Waals surface area contributed by atoms with E-state index in [1.54, 1.807) is 32.2 Å². The van der Waals surface area contributed by atoms with Gasteiger partial charge in [0, 0.05) is 17.8 Å². The number of nitrogens with zero attached hydrogens (tertiary/aromatic N) is 2. The normalized spacial score (nSPS) is 10.6. The Morgan fingerprint density at radius 3 is 2.53 bits per heavy atom. The molecule has 0 radical (unpaired) electrons. The number of fused-ring (bicyclic) bond motifs is 1. The number of rotatable bonds is 8. The molecule has 0 bridgehead atoms. The predicted molar refractivity (Wildman–Crippen MR) is 135 cm³/mol. The second kappa shape index (κ2) is 10.7. The first-order valence-corrected chi connectivity index (χ1v) is 11.2. The van der Waals surface area contributed by atoms with E-state index in [4.69, 9.17) is 19.2 Å². The Hall–Kier alpha value is -3.43. The molecule has 0 fully saturated rings. The molecule has 0 saturated heterocycles. The molecule has 0 spiro atoms. The Morgan fingerprint density at radius 2 is 1.88 bits per heavy atom. The number of carbonyl (C=O) groups excluding carboxylic acids is 1. The Bertz CT molecular complexity index is 1300. The summed E-state index contributed by atoms with van der Waals surface area (Å²) in [5.74, 6) is 1.57. The van der Waals surface area contributed by atoms with E-state index in [2.05, 4.69) is 5.32 Å². The van der Waals surface area contributed by atoms with Crippen LogP contribution in [0, 0.1) is 6.92 Å². The maximum absolute atomic E-state index is 12.4. The first kappa shape index (κ1) is 25.2. The molecular formula is C24H26ClN3O5S. The summed E-state index contributed by atoms with van der Waals surface area (Å²) < 4.78 is 17.7. The topological polar surface area (TPSA) is 94.3 Å². The molecule has 2 heterocycles. The number of nitrogens with one attached hydrogen (secondary N) is 1. The molecule has 2 N–H and O–H groups in total. The highest BCUT2D eigenvalue weighted by atomic mass is 35.5. The molecule has 0 aliphatic carbocycles. The number of halogens is 1. The van der Waals surface area contributed by atoms with Gasteiger partial charge in [0.05, 0.1) is 20.8 Å². The number of benzene rings is 2. The van der Waals surface area contributed by atoms with E-state index >= 15 is 0 Å². The summed E-state index contributed by atoms with van der Waals surface area (Å²) in [5.41, 5.74) is 3.26. The maximum Gasteiger partial charge on any atom is 0.350 e. The Morgan fingerprint density at radius 1 is 1.15 bits per heavy atom. The summed E-state index contributed by atoms with van der Waals surface area (Å²) in [6, 6.07) is 12.9. The van der Waals surface area contributed by atoms with E-state index in [9.17, 15) is 9.90 Å². The van der Waals surface area contributed by atoms with E-state index in [0.717, 1.165) is 28.4 Å². The minimum Gasteiger partial charge on any atom is -0.504 e. The van der Waals surface area contributed by atoms with Crippen LogP contribution in [0.2, 0.25) is 0 Å². The average Bonchev–Trinajstić information content (AvgIpc) is 3.35. The summed E-state index contributed by atoms with van der Waals surface area (Å²) in [7, 11) is 3.14. The van der Waals surface area contributed by atoms with Gasteiger partial charge < -0.3 is 24.6 Å². The Balaban J connectivity index is 0.00000324. The van der Waals surface area contributed by atoms with Crippen molar-refractivity contribution >= 4 is 40.5 Å². The van der Waals surface area contributed by atoms with Crippen LogP contribution in [0.5, 0.6) is 17.2 Å². The minimum atomic E-state index is -0.362. The van der Waals surface area contributed by atoms with E-state index < -0.39 is 0 Å². The van der Waals surface area contributed by atoms with Crippen molar-refractivity contribution in [3.8, 4) is 28.5 Å². The molecule has 0 aliphatic heterocycles. The van der Waals surface area contributed by atoms with Crippen molar-refractivity contribution in [1.29, 1.82) is 0 Å². The standard InChI is InChI=1S/C24H25N3O5S.ClH/c1-5-32-23(29)21-14(2)27-22(25-13-15-6-9-17(30-3)10-7-15)20(26-24(27)33-21)16-8-11-18(28)19(12-16)31-4;/h6-12,25,28H,5,13H2,1-4H3;1H. The van der Waals surface area contributed by atoms with Gasteiger partial charge in [-0.3, -0.25) is 4.40 Å². The number of thiazole rings is 1. The first-order valence-electron chi connectivity index (χ1n) is 10.4. The van der Waals surface area contributed by atoms with Crippen LogP contribution in [-0.4, -0.2) is 41.3 Å². The third-order valence-electron chi connectivity index (χ3n) is 5.24. The third kappa shape index (κ3) is 4.76. The van der Waals surface area contributed by atoms with Gasteiger partial charge in [-0.25, -0.2) is 9.78 Å². The third-order valence-corrected chi connectivity index (χ3v) is 6.36. The van der Waals surface area contributed by atoms with Crippen molar-refractivity contribution in [2.45, 2.75) is 20.4 Å². The SMILES string of the molecule is CCOC(=O)c1sc2nc(-c3ccc(O)c(OC)c3)c(NCc3ccc(OC)cc3)n2c1C.Cl. The fraction of sp³-hybridized carbons (Fsp3) is 0.250. The number of imidazole rings is 1. The molecule has 4 aromatic rings. The molecular weight excluding hydrogens is 478 g/mol. The molecule has 0 aliphatic rings. The van der Waals surface area contributed by atoms with Crippen molar-refractivity contribution in [1.82, 2.24) is 9.38 Å². The number of carbonyl (C=O) groups is 1. The van der Waals surface area contributed by atoms with Gasteiger partial charge in [-0.05, 0) is 49.7 Å². The molecule has 10 heteroatoms. The van der Waals surface area contributed by atoms with Crippen LogP contribution in [0.1, 0.15) is 27.9 Å². The summed E-state index contributed by atoms with van der Waals surface area (Å²) in [5, 5.41) is 13.5. The zero-order chi connectivity index (χ0) is 23.5. The number of methoxy groups -OCH3 is 2. The van der Waals surface area contributed by atoms with Crippen LogP contribution in [0.15, 0.2) is 42.5 Å². The minimum absolute atomic E-state index is 0. The molecule has 0 amide bonds. The average molecular weight is 504 g/mol. The largest absolute Gasteiger partial charge is 0.504 e. The van der Waals surface area contributed by atoms with Gasteiger partial charge in [-0.2, -0.15) is 0 Å². The number of aryl methyl sites for hydroxylation is 1. The van der Waals surface area contributed by atoms with Gasteiger partial charge in [-0.1, -0.05) is 23.5 Å². The number of aromatic nitrogens is 2. The van der Waals surface area contributed by atoms with Crippen LogP contribution < -0.4 is 14.8 Å². The summed E-state index contributed by atoms with van der Waals surface area (Å²) in [4.78, 5) is 18.4. The lowest BCUT2D eigenvalue weighted by Crippen LogP contribution is -2.07. The van der Waals surface area contributed by atoms with Crippen LogP contribution in [0.3, 0.4) is 0 Å². The van der Waals surface area contributed by atoms with E-state index in [1.165, 1.54) is 18.4 Å². The number of aromatic hydroxyl groups is 1. The zero-order valence-electron chi connectivity index (χ0n) is 19.2. The van der Waals surface area contributed by atoms with Gasteiger partial charge >= 0.3 is 5.97 Å². The molecule has 34 heavy (non-hydrogen) atoms. The Kier molecular flexibility index (Phi) is 7.90. The molecule has 2 aromatic heterocycles. The Labute approximate surface area is 207 Å². The van der Waals surface area contributed by atoms with Gasteiger partial charge in [-0.15, -0.1) is 12.4 Å². The highest BCUT2D eigenvalue weighted by Crippen LogP contribution is 2.38. The van der Waals surface area contributed by atoms with E-state index in [-0.39, 0.29) is 24.1 Å². The summed E-state index contributed by atoms with van der Waals surface area (Å²) >= 11 is 1.28. The lowest BCUT2D eigenvalue weighted by Gasteiger charge is -2.11. The van der Waals surface area contributed by atoms with Crippen LogP contribution >= 0.6 is 23.7 Å². The van der Waals surface area contributed by atoms with Gasteiger partial charge in [0.15, 0.2) is 16.5 Å². The molecule has 0 saturated carbocycles. The van der Waals surface area contributed by atoms with Crippen molar-refractivity contribution in [2.75, 3.05) is 26.1 Å². The fourth-order valence-electron chi connectivity index (χ4n) is 3.55. The predicted octanol–water partition coefficient (Wildman–Crippen LogP) is 5.30. The quantitative estimate of drug-likeness (QED) is 0.315. The molecule has 4 rings (SSSR count). The molecule has 180 valence electrons. The van der Waals surface area contributed by atoms with Crippen molar-refractivity contribution < 1.29 is 24.1 Å². The van der Waals surface area contributed by atoms with Crippen LogP contribution in [0.4, 0.5) is 5.82 Å². The number of esters is 1. The van der Waals surface area contributed by atoms with Crippen LogP contribution in [0.25, 0.3) is 16.2 Å². The number of anilines is 1. The first-order chi connectivity index (χ1) is 16.0. The summed E-state index contributed by atoms with van der Waals surface area (Å²) in [6.07, 6.45) is 0. The molecule has 0 atom stereocenters. The lowest BCUT2D eigenvalue weighted by molar-refractivity contribution is 0.0531. The number of phenolic OH excluding ortho intramolecular Hbond substituents is 1. The maximum atomic E-state index is 12.4. The number of ether oxygens (including phenoxy) is 3.